The van der Waals surface area contributed by atoms with Gasteiger partial charge in [-0.1, -0.05) is 44.0 Å². The number of aliphatic hydroxyl groups is 1. The van der Waals surface area contributed by atoms with Crippen LogP contribution in [-0.2, 0) is 9.59 Å². The van der Waals surface area contributed by atoms with Gasteiger partial charge in [0.05, 0.1) is 11.6 Å². The van der Waals surface area contributed by atoms with Gasteiger partial charge in [-0.25, -0.2) is 4.98 Å². The largest absolute Gasteiger partial charge is 0.503 e. The molecular formula is C16H10Br2N2O3. The SMILES string of the molecule is O=CC1=C(O)C(=O)N(c2cc(Br)ccn2)C1c1ccc(Br)cc1. The smallest absolute Gasteiger partial charge is 0.295 e. The standard InChI is InChI=1S/C16H10Br2N2O3/c17-10-3-1-9(2-4-10)14-12(8-21)15(22)16(23)20(14)13-7-11(18)5-6-19-13/h1-8,14,22H. The molecule has 23 heavy (non-hydrogen) atoms. The van der Waals surface area contributed by atoms with Gasteiger partial charge < -0.3 is 5.11 Å². The molecule has 1 atom stereocenters. The number of nitrogens with zero attached hydrogens (tertiary/aromatic N) is 2. The van der Waals surface area contributed by atoms with Gasteiger partial charge in [-0.15, -0.1) is 0 Å². The first-order chi connectivity index (χ1) is 11.0. The molecule has 2 heterocycles. The molecule has 0 aliphatic carbocycles. The fourth-order valence-electron chi connectivity index (χ4n) is 2.48. The number of aldehydes is 1. The first-order valence-corrected chi connectivity index (χ1v) is 8.20. The lowest BCUT2D eigenvalue weighted by atomic mass is 10.0. The molecule has 2 aromatic rings. The molecule has 7 heteroatoms. The van der Waals surface area contributed by atoms with E-state index in [0.717, 1.165) is 8.95 Å². The van der Waals surface area contributed by atoms with Crippen LogP contribution in [0.1, 0.15) is 11.6 Å². The minimum absolute atomic E-state index is 0.0269. The predicted octanol–water partition coefficient (Wildman–Crippen LogP) is 3.71. The molecule has 1 aliphatic rings. The molecule has 1 N–H and O–H groups in total. The molecule has 0 radical (unpaired) electrons. The first kappa shape index (κ1) is 15.9. The average Bonchev–Trinajstić information content (AvgIpc) is 2.79. The van der Waals surface area contributed by atoms with Crippen molar-refractivity contribution in [3.05, 3.63) is 68.4 Å². The quantitative estimate of drug-likeness (QED) is 0.743. The minimum atomic E-state index is -0.713. The van der Waals surface area contributed by atoms with E-state index < -0.39 is 17.7 Å². The van der Waals surface area contributed by atoms with E-state index in [9.17, 15) is 14.7 Å². The summed E-state index contributed by atoms with van der Waals surface area (Å²) in [6.45, 7) is 0. The molecule has 0 bridgehead atoms. The number of aliphatic hydroxyl groups excluding tert-OH is 1. The summed E-state index contributed by atoms with van der Waals surface area (Å²) in [7, 11) is 0. The second-order valence-electron chi connectivity index (χ2n) is 4.88. The van der Waals surface area contributed by atoms with Crippen LogP contribution in [0.5, 0.6) is 0 Å². The highest BCUT2D eigenvalue weighted by Gasteiger charge is 2.41. The Balaban J connectivity index is 2.15. The summed E-state index contributed by atoms with van der Waals surface area (Å²) in [5, 5.41) is 10.1. The second kappa shape index (κ2) is 6.25. The first-order valence-electron chi connectivity index (χ1n) is 6.62. The van der Waals surface area contributed by atoms with Gasteiger partial charge in [0.1, 0.15) is 5.82 Å². The van der Waals surface area contributed by atoms with E-state index in [1.54, 1.807) is 30.5 Å². The lowest BCUT2D eigenvalue weighted by molar-refractivity contribution is -0.117. The van der Waals surface area contributed by atoms with Crippen LogP contribution in [0, 0.1) is 0 Å². The predicted molar refractivity (Wildman–Crippen MR) is 92.0 cm³/mol. The van der Waals surface area contributed by atoms with Crippen molar-refractivity contribution >= 4 is 49.9 Å². The molecule has 1 aromatic carbocycles. The monoisotopic (exact) mass is 436 g/mol. The number of aromatic nitrogens is 1. The van der Waals surface area contributed by atoms with Gasteiger partial charge in [-0.3, -0.25) is 14.5 Å². The molecule has 0 saturated carbocycles. The van der Waals surface area contributed by atoms with E-state index in [1.165, 1.54) is 4.90 Å². The van der Waals surface area contributed by atoms with Crippen LogP contribution in [0.25, 0.3) is 0 Å². The summed E-state index contributed by atoms with van der Waals surface area (Å²) < 4.78 is 1.61. The van der Waals surface area contributed by atoms with E-state index in [4.69, 9.17) is 0 Å². The topological polar surface area (TPSA) is 70.5 Å². The zero-order chi connectivity index (χ0) is 16.6. The highest BCUT2D eigenvalue weighted by Crippen LogP contribution is 2.39. The fourth-order valence-corrected chi connectivity index (χ4v) is 3.07. The zero-order valence-corrected chi connectivity index (χ0v) is 14.8. The van der Waals surface area contributed by atoms with Crippen LogP contribution in [0.4, 0.5) is 5.82 Å². The van der Waals surface area contributed by atoms with E-state index >= 15 is 0 Å². The Morgan fingerprint density at radius 3 is 2.43 bits per heavy atom. The number of amides is 1. The number of hydrogen-bond donors (Lipinski definition) is 1. The third-order valence-corrected chi connectivity index (χ3v) is 4.54. The van der Waals surface area contributed by atoms with Crippen molar-refractivity contribution in [3.63, 3.8) is 0 Å². The Morgan fingerprint density at radius 1 is 1.13 bits per heavy atom. The summed E-state index contributed by atoms with van der Waals surface area (Å²) in [6.07, 6.45) is 2.05. The van der Waals surface area contributed by atoms with Crippen molar-refractivity contribution in [2.75, 3.05) is 4.90 Å². The molecule has 116 valence electrons. The number of halogens is 2. The molecule has 3 rings (SSSR count). The highest BCUT2D eigenvalue weighted by molar-refractivity contribution is 9.10. The van der Waals surface area contributed by atoms with Gasteiger partial charge >= 0.3 is 0 Å². The molecule has 5 nitrogen and oxygen atoms in total. The minimum Gasteiger partial charge on any atom is -0.503 e. The zero-order valence-electron chi connectivity index (χ0n) is 11.6. The Labute approximate surface area is 148 Å². The van der Waals surface area contributed by atoms with Gasteiger partial charge in [0.25, 0.3) is 5.91 Å². The lowest BCUT2D eigenvalue weighted by Crippen LogP contribution is -2.31. The Hall–Kier alpha value is -1.99. The second-order valence-corrected chi connectivity index (χ2v) is 6.71. The highest BCUT2D eigenvalue weighted by atomic mass is 79.9. The summed E-state index contributed by atoms with van der Waals surface area (Å²) >= 11 is 6.68. The molecule has 1 aliphatic heterocycles. The molecule has 1 amide bonds. The number of hydrogen-bond acceptors (Lipinski definition) is 4. The lowest BCUT2D eigenvalue weighted by Gasteiger charge is -2.25. The van der Waals surface area contributed by atoms with Crippen LogP contribution in [0.3, 0.4) is 0 Å². The van der Waals surface area contributed by atoms with Crippen LogP contribution < -0.4 is 4.90 Å². The molecule has 0 fully saturated rings. The average molecular weight is 438 g/mol. The molecule has 1 aromatic heterocycles. The van der Waals surface area contributed by atoms with E-state index in [0.29, 0.717) is 17.7 Å². The molecule has 0 spiro atoms. The normalized spacial score (nSPS) is 17.7. The number of carbonyl (C=O) groups is 2. The van der Waals surface area contributed by atoms with Gasteiger partial charge in [0, 0.05) is 15.1 Å². The van der Waals surface area contributed by atoms with Gasteiger partial charge in [0.15, 0.2) is 12.0 Å². The Morgan fingerprint density at radius 2 is 1.83 bits per heavy atom. The number of benzene rings is 1. The summed E-state index contributed by atoms with van der Waals surface area (Å²) in [4.78, 5) is 29.3. The fraction of sp³-hybridized carbons (Fsp3) is 0.0625. The summed E-state index contributed by atoms with van der Waals surface area (Å²) in [5.41, 5.74) is 0.730. The van der Waals surface area contributed by atoms with Crippen molar-refractivity contribution in [1.29, 1.82) is 0 Å². The molecule has 1 unspecified atom stereocenters. The number of pyridine rings is 1. The van der Waals surface area contributed by atoms with Crippen molar-refractivity contribution < 1.29 is 14.7 Å². The van der Waals surface area contributed by atoms with Crippen molar-refractivity contribution in [2.45, 2.75) is 6.04 Å². The summed E-state index contributed by atoms with van der Waals surface area (Å²) in [6, 6.07) is 9.87. The number of carbonyl (C=O) groups excluding carboxylic acids is 2. The van der Waals surface area contributed by atoms with Gasteiger partial charge in [-0.05, 0) is 29.8 Å². The summed E-state index contributed by atoms with van der Waals surface area (Å²) in [5.74, 6) is -0.846. The maximum absolute atomic E-state index is 12.4. The van der Waals surface area contributed by atoms with Crippen molar-refractivity contribution in [3.8, 4) is 0 Å². The van der Waals surface area contributed by atoms with E-state index in [1.807, 2.05) is 12.1 Å². The van der Waals surface area contributed by atoms with Crippen molar-refractivity contribution in [1.82, 2.24) is 4.98 Å². The number of rotatable bonds is 3. The number of anilines is 1. The van der Waals surface area contributed by atoms with Crippen LogP contribution >= 0.6 is 31.9 Å². The third kappa shape index (κ3) is 2.82. The van der Waals surface area contributed by atoms with Crippen LogP contribution in [0.15, 0.2) is 62.9 Å². The van der Waals surface area contributed by atoms with Crippen LogP contribution in [0.2, 0.25) is 0 Å². The third-order valence-electron chi connectivity index (χ3n) is 3.51. The molecular weight excluding hydrogens is 428 g/mol. The maximum Gasteiger partial charge on any atom is 0.295 e. The Kier molecular flexibility index (Phi) is 4.32. The van der Waals surface area contributed by atoms with Crippen LogP contribution in [-0.4, -0.2) is 22.3 Å². The van der Waals surface area contributed by atoms with E-state index in [-0.39, 0.29) is 5.57 Å². The van der Waals surface area contributed by atoms with Crippen molar-refractivity contribution in [2.24, 2.45) is 0 Å². The van der Waals surface area contributed by atoms with E-state index in [2.05, 4.69) is 36.8 Å². The maximum atomic E-state index is 12.4. The Bertz CT molecular complexity index is 818. The molecule has 0 saturated heterocycles. The van der Waals surface area contributed by atoms with Gasteiger partial charge in [-0.2, -0.15) is 0 Å². The van der Waals surface area contributed by atoms with Gasteiger partial charge in [0.2, 0.25) is 0 Å².